The van der Waals surface area contributed by atoms with E-state index in [1.54, 1.807) is 26.8 Å². The Hall–Kier alpha value is -2.08. The first-order chi connectivity index (χ1) is 9.23. The Balaban J connectivity index is 2.56. The number of anilines is 2. The summed E-state index contributed by atoms with van der Waals surface area (Å²) in [5, 5.41) is 2.90. The van der Waals surface area contributed by atoms with Crippen LogP contribution in [0.2, 0.25) is 5.15 Å². The van der Waals surface area contributed by atoms with E-state index in [1.165, 1.54) is 11.0 Å². The Kier molecular flexibility index (Phi) is 3.43. The van der Waals surface area contributed by atoms with E-state index in [4.69, 9.17) is 16.3 Å². The van der Waals surface area contributed by atoms with Crippen LogP contribution in [-0.4, -0.2) is 22.5 Å². The molecule has 0 unspecified atom stereocenters. The molecule has 0 aliphatic carbocycles. The van der Waals surface area contributed by atoms with Crippen LogP contribution < -0.4 is 10.2 Å². The number of aromatic nitrogens is 1. The first-order valence-corrected chi connectivity index (χ1v) is 6.27. The molecule has 0 bridgehead atoms. The van der Waals surface area contributed by atoms with E-state index in [-0.39, 0.29) is 22.6 Å². The van der Waals surface area contributed by atoms with Crippen molar-refractivity contribution in [3.05, 3.63) is 29.6 Å². The summed E-state index contributed by atoms with van der Waals surface area (Å²) in [4.78, 5) is 29.6. The topological polar surface area (TPSA) is 71.5 Å². The molecule has 0 saturated carbocycles. The molecule has 2 amide bonds. The zero-order valence-electron chi connectivity index (χ0n) is 11.4. The van der Waals surface area contributed by atoms with Gasteiger partial charge in [0.15, 0.2) is 5.82 Å². The van der Waals surface area contributed by atoms with Crippen LogP contribution in [0, 0.1) is 0 Å². The largest absolute Gasteiger partial charge is 0.421 e. The molecule has 0 fully saturated rings. The maximum Gasteiger partial charge on any atom is 0.421 e. The number of pyridine rings is 1. The summed E-state index contributed by atoms with van der Waals surface area (Å²) in [6, 6.07) is 3.11. The molecule has 1 aliphatic heterocycles. The van der Waals surface area contributed by atoms with E-state index in [0.29, 0.717) is 5.69 Å². The Bertz CT molecular complexity index is 613. The van der Waals surface area contributed by atoms with Crippen molar-refractivity contribution in [2.45, 2.75) is 26.3 Å². The zero-order valence-corrected chi connectivity index (χ0v) is 12.1. The molecule has 6 nitrogen and oxygen atoms in total. The van der Waals surface area contributed by atoms with Crippen molar-refractivity contribution < 1.29 is 14.3 Å². The van der Waals surface area contributed by atoms with Crippen LogP contribution >= 0.6 is 11.6 Å². The molecule has 7 heteroatoms. The second-order valence-corrected chi connectivity index (χ2v) is 5.31. The lowest BCUT2D eigenvalue weighted by molar-refractivity contribution is -0.120. The molecule has 0 saturated heterocycles. The van der Waals surface area contributed by atoms with Gasteiger partial charge in [0.25, 0.3) is 0 Å². The number of hydrogen-bond donors (Lipinski definition) is 1. The van der Waals surface area contributed by atoms with Crippen molar-refractivity contribution >= 4 is 35.1 Å². The number of carbonyl (C=O) groups excluding carboxylic acids is 2. The smallest absolute Gasteiger partial charge is 0.415 e. The van der Waals surface area contributed by atoms with Gasteiger partial charge in [0.1, 0.15) is 10.7 Å². The van der Waals surface area contributed by atoms with E-state index in [0.717, 1.165) is 0 Å². The molecule has 1 aromatic rings. The summed E-state index contributed by atoms with van der Waals surface area (Å²) in [5.74, 6) is 0.126. The van der Waals surface area contributed by atoms with Crippen molar-refractivity contribution in [2.24, 2.45) is 0 Å². The van der Waals surface area contributed by atoms with Crippen LogP contribution in [-0.2, 0) is 9.53 Å². The van der Waals surface area contributed by atoms with Crippen molar-refractivity contribution in [3.63, 3.8) is 0 Å². The van der Waals surface area contributed by atoms with E-state index in [1.807, 2.05) is 0 Å². The van der Waals surface area contributed by atoms with Crippen LogP contribution in [0.25, 0.3) is 0 Å². The van der Waals surface area contributed by atoms with Gasteiger partial charge in [-0.2, -0.15) is 0 Å². The van der Waals surface area contributed by atoms with Gasteiger partial charge in [-0.05, 0) is 32.9 Å². The summed E-state index contributed by atoms with van der Waals surface area (Å²) < 4.78 is 5.00. The minimum atomic E-state index is -1.16. The van der Waals surface area contributed by atoms with Gasteiger partial charge in [0, 0.05) is 0 Å². The maximum atomic E-state index is 12.2. The molecule has 1 N–H and O–H groups in total. The fraction of sp³-hybridized carbons (Fsp3) is 0.308. The normalized spacial score (nSPS) is 16.2. The fourth-order valence-corrected chi connectivity index (χ4v) is 1.99. The number of nitrogens with zero attached hydrogens (tertiary/aromatic N) is 2. The number of halogens is 1. The zero-order chi connectivity index (χ0) is 15.1. The Morgan fingerprint density at radius 1 is 1.50 bits per heavy atom. The van der Waals surface area contributed by atoms with Gasteiger partial charge in [-0.25, -0.2) is 14.7 Å². The van der Waals surface area contributed by atoms with Gasteiger partial charge in [-0.3, -0.25) is 4.79 Å². The second-order valence-electron chi connectivity index (χ2n) is 4.92. The summed E-state index contributed by atoms with van der Waals surface area (Å²) in [6.07, 6.45) is -0.728. The predicted molar refractivity (Wildman–Crippen MR) is 75.7 cm³/mol. The molecule has 106 valence electrons. The first kappa shape index (κ1) is 14.3. The second kappa shape index (κ2) is 4.79. The number of hydrogen-bond acceptors (Lipinski definition) is 4. The van der Waals surface area contributed by atoms with Crippen LogP contribution in [0.1, 0.15) is 20.8 Å². The Morgan fingerprint density at radius 3 is 2.75 bits per heavy atom. The van der Waals surface area contributed by atoms with Crippen molar-refractivity contribution in [1.29, 1.82) is 0 Å². The molecule has 1 aliphatic rings. The third kappa shape index (κ3) is 2.34. The van der Waals surface area contributed by atoms with Crippen LogP contribution in [0.5, 0.6) is 0 Å². The highest BCUT2D eigenvalue weighted by Crippen LogP contribution is 2.36. The number of nitrogens with one attached hydrogen (secondary N) is 1. The summed E-state index contributed by atoms with van der Waals surface area (Å²) in [5.41, 5.74) is -0.755. The molecule has 2 rings (SSSR count). The average molecular weight is 296 g/mol. The number of rotatable bonds is 1. The minimum absolute atomic E-state index is 0.212. The maximum absolute atomic E-state index is 12.2. The Morgan fingerprint density at radius 2 is 2.15 bits per heavy atom. The molecule has 1 aromatic heterocycles. The number of fused-ring (bicyclic) bond motifs is 1. The van der Waals surface area contributed by atoms with Gasteiger partial charge >= 0.3 is 6.09 Å². The lowest BCUT2D eigenvalue weighted by Gasteiger charge is -2.39. The highest BCUT2D eigenvalue weighted by Gasteiger charge is 2.45. The quantitative estimate of drug-likeness (QED) is 0.639. The molecule has 0 radical (unpaired) electrons. The molecule has 0 atom stereocenters. The van der Waals surface area contributed by atoms with Crippen molar-refractivity contribution in [1.82, 2.24) is 4.98 Å². The lowest BCUT2D eigenvalue weighted by atomic mass is 9.99. The third-order valence-electron chi connectivity index (χ3n) is 2.86. The summed E-state index contributed by atoms with van der Waals surface area (Å²) in [7, 11) is 0. The number of carbonyl (C=O) groups is 2. The van der Waals surface area contributed by atoms with Gasteiger partial charge in [0.2, 0.25) is 5.91 Å². The highest BCUT2D eigenvalue weighted by atomic mass is 35.5. The van der Waals surface area contributed by atoms with Crippen LogP contribution in [0.4, 0.5) is 16.3 Å². The minimum Gasteiger partial charge on any atom is -0.415 e. The average Bonchev–Trinajstić information content (AvgIpc) is 2.29. The number of ether oxygens (including phenoxy) is 1. The van der Waals surface area contributed by atoms with Gasteiger partial charge in [0.05, 0.1) is 11.4 Å². The van der Waals surface area contributed by atoms with Crippen LogP contribution in [0.15, 0.2) is 24.5 Å². The van der Waals surface area contributed by atoms with Crippen molar-refractivity contribution in [2.75, 3.05) is 10.2 Å². The van der Waals surface area contributed by atoms with Crippen molar-refractivity contribution in [3.8, 4) is 0 Å². The molecule has 2 heterocycles. The van der Waals surface area contributed by atoms with E-state index >= 15 is 0 Å². The number of amides is 2. The highest BCUT2D eigenvalue weighted by molar-refractivity contribution is 6.29. The van der Waals surface area contributed by atoms with Gasteiger partial charge in [-0.1, -0.05) is 18.2 Å². The monoisotopic (exact) mass is 295 g/mol. The Labute approximate surface area is 121 Å². The molecule has 0 aromatic carbocycles. The summed E-state index contributed by atoms with van der Waals surface area (Å²) >= 11 is 5.86. The third-order valence-corrected chi connectivity index (χ3v) is 3.07. The first-order valence-electron chi connectivity index (χ1n) is 5.89. The lowest BCUT2D eigenvalue weighted by Crippen LogP contribution is -2.58. The SMILES string of the molecule is C=C(C)OC(=O)N1c2nc(Cl)ccc2NC(=O)C1(C)C. The van der Waals surface area contributed by atoms with E-state index < -0.39 is 11.6 Å². The van der Waals surface area contributed by atoms with Crippen LogP contribution in [0.3, 0.4) is 0 Å². The fourth-order valence-electron chi connectivity index (χ4n) is 1.84. The number of allylic oxidation sites excluding steroid dienone is 1. The predicted octanol–water partition coefficient (Wildman–Crippen LogP) is 2.94. The molecular weight excluding hydrogens is 282 g/mol. The molecular formula is C13H14ClN3O3. The molecule has 20 heavy (non-hydrogen) atoms. The van der Waals surface area contributed by atoms with Gasteiger partial charge in [-0.15, -0.1) is 0 Å². The van der Waals surface area contributed by atoms with Gasteiger partial charge < -0.3 is 10.1 Å². The summed E-state index contributed by atoms with van der Waals surface area (Å²) in [6.45, 7) is 8.24. The molecule has 0 spiro atoms. The standard InChI is InChI=1S/C13H14ClN3O3/c1-7(2)20-12(19)17-10-8(5-6-9(14)16-10)15-11(18)13(17,3)4/h5-6H,1H2,2-4H3,(H,15,18). The van der Waals surface area contributed by atoms with E-state index in [9.17, 15) is 9.59 Å². The van der Waals surface area contributed by atoms with E-state index in [2.05, 4.69) is 16.9 Å².